The Morgan fingerprint density at radius 1 is 1.14 bits per heavy atom. The first kappa shape index (κ1) is 17.9. The smallest absolute Gasteiger partial charge is 0.259 e. The van der Waals surface area contributed by atoms with E-state index in [1.165, 1.54) is 28.6 Å². The SMILES string of the molecule is O=c1[nH]c(CSc2n[nH]c(-c3ccc(Cl)cc3)n2)nc2sc3c(c12)CCCC3. The van der Waals surface area contributed by atoms with E-state index >= 15 is 0 Å². The van der Waals surface area contributed by atoms with Crippen LogP contribution in [0.4, 0.5) is 0 Å². The van der Waals surface area contributed by atoms with Gasteiger partial charge in [-0.1, -0.05) is 23.4 Å². The summed E-state index contributed by atoms with van der Waals surface area (Å²) in [6.45, 7) is 0. The molecule has 1 aromatic carbocycles. The summed E-state index contributed by atoms with van der Waals surface area (Å²) in [4.78, 5) is 26.9. The highest BCUT2D eigenvalue weighted by atomic mass is 35.5. The number of hydrogen-bond donors (Lipinski definition) is 2. The van der Waals surface area contributed by atoms with E-state index in [2.05, 4.69) is 20.2 Å². The summed E-state index contributed by atoms with van der Waals surface area (Å²) >= 11 is 9.02. The minimum atomic E-state index is -0.0307. The fraction of sp³-hybridized carbons (Fsp3) is 0.263. The molecule has 0 aliphatic heterocycles. The van der Waals surface area contributed by atoms with Gasteiger partial charge in [-0.15, -0.1) is 16.4 Å². The molecule has 3 heterocycles. The van der Waals surface area contributed by atoms with Gasteiger partial charge in [0.1, 0.15) is 10.7 Å². The maximum Gasteiger partial charge on any atom is 0.259 e. The third kappa shape index (κ3) is 3.36. The standard InChI is InChI=1S/C19H16ClN5OS2/c20-11-7-5-10(6-8-11)16-23-19(25-24-16)27-9-14-21-17(26)15-12-3-1-2-4-13(12)28-18(15)22-14/h5-8H,1-4,9H2,(H,21,22,26)(H,23,24,25). The average molecular weight is 430 g/mol. The number of hydrogen-bond acceptors (Lipinski definition) is 6. The van der Waals surface area contributed by atoms with E-state index in [1.807, 2.05) is 24.3 Å². The van der Waals surface area contributed by atoms with Gasteiger partial charge < -0.3 is 4.98 Å². The topological polar surface area (TPSA) is 87.3 Å². The number of nitrogens with zero attached hydrogens (tertiary/aromatic N) is 3. The van der Waals surface area contributed by atoms with Crippen molar-refractivity contribution in [3.63, 3.8) is 0 Å². The number of rotatable bonds is 4. The molecule has 28 heavy (non-hydrogen) atoms. The predicted octanol–water partition coefficient (Wildman–Crippen LogP) is 4.59. The zero-order valence-corrected chi connectivity index (χ0v) is 17.2. The number of aromatic nitrogens is 5. The van der Waals surface area contributed by atoms with E-state index < -0.39 is 0 Å². The van der Waals surface area contributed by atoms with Crippen LogP contribution < -0.4 is 5.56 Å². The first-order valence-corrected chi connectivity index (χ1v) is 11.2. The number of nitrogens with one attached hydrogen (secondary N) is 2. The van der Waals surface area contributed by atoms with Gasteiger partial charge in [-0.3, -0.25) is 9.89 Å². The molecule has 0 amide bonds. The zero-order chi connectivity index (χ0) is 19.1. The maximum absolute atomic E-state index is 12.6. The Labute approximate surface area is 173 Å². The molecule has 0 bridgehead atoms. The van der Waals surface area contributed by atoms with Crippen molar-refractivity contribution in [3.05, 3.63) is 55.9 Å². The zero-order valence-electron chi connectivity index (χ0n) is 14.8. The number of aryl methyl sites for hydroxylation is 2. The Morgan fingerprint density at radius 3 is 2.82 bits per heavy atom. The van der Waals surface area contributed by atoms with Gasteiger partial charge in [-0.2, -0.15) is 0 Å². The first-order chi connectivity index (χ1) is 13.7. The normalized spacial score (nSPS) is 13.8. The molecule has 3 aromatic heterocycles. The van der Waals surface area contributed by atoms with Crippen molar-refractivity contribution in [2.24, 2.45) is 0 Å². The van der Waals surface area contributed by atoms with E-state index in [0.717, 1.165) is 35.0 Å². The highest BCUT2D eigenvalue weighted by Crippen LogP contribution is 2.33. The summed E-state index contributed by atoms with van der Waals surface area (Å²) in [5, 5.41) is 9.26. The van der Waals surface area contributed by atoms with E-state index in [4.69, 9.17) is 16.6 Å². The van der Waals surface area contributed by atoms with Gasteiger partial charge in [0.2, 0.25) is 5.16 Å². The molecule has 0 saturated carbocycles. The minimum absolute atomic E-state index is 0.0307. The molecule has 0 fully saturated rings. The third-order valence-electron chi connectivity index (χ3n) is 4.79. The summed E-state index contributed by atoms with van der Waals surface area (Å²) < 4.78 is 0. The van der Waals surface area contributed by atoms with Crippen LogP contribution in [-0.4, -0.2) is 25.1 Å². The number of halogens is 1. The Bertz CT molecular complexity index is 1210. The Kier molecular flexibility index (Phi) is 4.70. The van der Waals surface area contributed by atoms with Crippen molar-refractivity contribution >= 4 is 44.9 Å². The van der Waals surface area contributed by atoms with Crippen LogP contribution in [0.25, 0.3) is 21.6 Å². The molecule has 5 rings (SSSR count). The quantitative estimate of drug-likeness (QED) is 0.463. The largest absolute Gasteiger partial charge is 0.309 e. The van der Waals surface area contributed by atoms with E-state index in [9.17, 15) is 4.79 Å². The van der Waals surface area contributed by atoms with Crippen LogP contribution in [0.15, 0.2) is 34.2 Å². The Morgan fingerprint density at radius 2 is 1.96 bits per heavy atom. The summed E-state index contributed by atoms with van der Waals surface area (Å²) in [6.07, 6.45) is 4.39. The van der Waals surface area contributed by atoms with Crippen molar-refractivity contribution in [1.82, 2.24) is 25.1 Å². The highest BCUT2D eigenvalue weighted by Gasteiger charge is 2.20. The van der Waals surface area contributed by atoms with Gasteiger partial charge >= 0.3 is 0 Å². The minimum Gasteiger partial charge on any atom is -0.309 e. The lowest BCUT2D eigenvalue weighted by atomic mass is 9.97. The van der Waals surface area contributed by atoms with Gasteiger partial charge in [0.25, 0.3) is 5.56 Å². The molecule has 0 saturated heterocycles. The van der Waals surface area contributed by atoms with Gasteiger partial charge in [0, 0.05) is 15.5 Å². The van der Waals surface area contributed by atoms with E-state index in [1.54, 1.807) is 11.3 Å². The molecular formula is C19H16ClN5OS2. The molecule has 0 spiro atoms. The van der Waals surface area contributed by atoms with Crippen LogP contribution in [0.3, 0.4) is 0 Å². The lowest BCUT2D eigenvalue weighted by Gasteiger charge is -2.09. The van der Waals surface area contributed by atoms with E-state index in [-0.39, 0.29) is 5.56 Å². The lowest BCUT2D eigenvalue weighted by molar-refractivity contribution is 0.700. The molecule has 1 aliphatic rings. The fourth-order valence-corrected chi connectivity index (χ4v) is 5.53. The Balaban J connectivity index is 1.36. The number of H-pyrrole nitrogens is 2. The number of aromatic amines is 2. The maximum atomic E-state index is 12.6. The number of fused-ring (bicyclic) bond motifs is 3. The predicted molar refractivity (Wildman–Crippen MR) is 113 cm³/mol. The van der Waals surface area contributed by atoms with Crippen molar-refractivity contribution in [2.75, 3.05) is 0 Å². The molecule has 0 unspecified atom stereocenters. The first-order valence-electron chi connectivity index (χ1n) is 9.02. The van der Waals surface area contributed by atoms with Crippen LogP contribution in [0.2, 0.25) is 5.02 Å². The number of thiophene rings is 1. The number of benzene rings is 1. The molecule has 9 heteroatoms. The second-order valence-electron chi connectivity index (χ2n) is 6.67. The molecule has 1 aliphatic carbocycles. The van der Waals surface area contributed by atoms with Gasteiger partial charge in [0.05, 0.1) is 11.1 Å². The van der Waals surface area contributed by atoms with Crippen LogP contribution >= 0.6 is 34.7 Å². The highest BCUT2D eigenvalue weighted by molar-refractivity contribution is 7.98. The van der Waals surface area contributed by atoms with Gasteiger partial charge in [-0.25, -0.2) is 9.97 Å². The molecule has 0 atom stereocenters. The summed E-state index contributed by atoms with van der Waals surface area (Å²) in [5.41, 5.74) is 2.10. The number of thioether (sulfide) groups is 1. The lowest BCUT2D eigenvalue weighted by Crippen LogP contribution is -2.12. The second-order valence-corrected chi connectivity index (χ2v) is 9.13. The fourth-order valence-electron chi connectivity index (χ4n) is 3.46. The van der Waals surface area contributed by atoms with Gasteiger partial charge in [-0.05, 0) is 55.5 Å². The van der Waals surface area contributed by atoms with Crippen molar-refractivity contribution in [2.45, 2.75) is 36.6 Å². The van der Waals surface area contributed by atoms with E-state index in [0.29, 0.717) is 27.6 Å². The summed E-state index contributed by atoms with van der Waals surface area (Å²) in [7, 11) is 0. The second kappa shape index (κ2) is 7.35. The van der Waals surface area contributed by atoms with Crippen molar-refractivity contribution in [1.29, 1.82) is 0 Å². The van der Waals surface area contributed by atoms with Gasteiger partial charge in [0.15, 0.2) is 5.82 Å². The van der Waals surface area contributed by atoms with Crippen molar-refractivity contribution < 1.29 is 0 Å². The van der Waals surface area contributed by atoms with Crippen LogP contribution in [0.1, 0.15) is 29.1 Å². The van der Waals surface area contributed by atoms with Crippen LogP contribution in [0, 0.1) is 0 Å². The molecule has 6 nitrogen and oxygen atoms in total. The summed E-state index contributed by atoms with van der Waals surface area (Å²) in [6, 6.07) is 7.42. The molecule has 2 N–H and O–H groups in total. The third-order valence-corrected chi connectivity index (χ3v) is 7.09. The average Bonchev–Trinajstić information content (AvgIpc) is 3.31. The molecule has 0 radical (unpaired) electrons. The Hall–Kier alpha value is -2.16. The molecule has 4 aromatic rings. The molecular weight excluding hydrogens is 414 g/mol. The molecule has 142 valence electrons. The van der Waals surface area contributed by atoms with Crippen LogP contribution in [0.5, 0.6) is 0 Å². The summed E-state index contributed by atoms with van der Waals surface area (Å²) in [5.74, 6) is 1.84. The monoisotopic (exact) mass is 429 g/mol. The van der Waals surface area contributed by atoms with Crippen LogP contribution in [-0.2, 0) is 18.6 Å². The van der Waals surface area contributed by atoms with Crippen molar-refractivity contribution in [3.8, 4) is 11.4 Å².